The van der Waals surface area contributed by atoms with Crippen LogP contribution in [0, 0.1) is 0 Å². The maximum Gasteiger partial charge on any atom is 0.338 e. The van der Waals surface area contributed by atoms with Crippen molar-refractivity contribution in [3.8, 4) is 11.5 Å². The number of H-pyrrole nitrogens is 1. The number of ether oxygens (including phenoxy) is 3. The minimum atomic E-state index is -0.860. The number of hydrogen-bond donors (Lipinski definition) is 1. The number of aromatic nitrogens is 2. The van der Waals surface area contributed by atoms with Gasteiger partial charge in [-0.2, -0.15) is 0 Å². The van der Waals surface area contributed by atoms with Crippen molar-refractivity contribution in [2.45, 2.75) is 13.0 Å². The van der Waals surface area contributed by atoms with Crippen LogP contribution in [0.3, 0.4) is 0 Å². The van der Waals surface area contributed by atoms with Gasteiger partial charge in [-0.25, -0.2) is 9.79 Å². The van der Waals surface area contributed by atoms with Gasteiger partial charge in [-0.3, -0.25) is 9.36 Å². The standard InChI is InChI=1S/C28H25N3O5S/c1-4-36-27(33)22-23(17-10-6-5-7-11-17)30-28-31(26(32)21(37-28)16-18-12-9-15-29-18)24(22)19-13-8-14-20(34-2)25(19)35-3/h5-16,24,29H,4H2,1-3H3/b21-16-. The average molecular weight is 516 g/mol. The van der Waals surface area contributed by atoms with E-state index in [-0.39, 0.29) is 17.7 Å². The Morgan fingerprint density at radius 2 is 1.89 bits per heavy atom. The predicted octanol–water partition coefficient (Wildman–Crippen LogP) is 3.28. The highest BCUT2D eigenvalue weighted by Gasteiger charge is 2.37. The molecule has 0 fully saturated rings. The first-order chi connectivity index (χ1) is 18.1. The Bertz CT molecular complexity index is 1650. The first kappa shape index (κ1) is 24.3. The van der Waals surface area contributed by atoms with Crippen LogP contribution in [-0.4, -0.2) is 36.3 Å². The predicted molar refractivity (Wildman–Crippen MR) is 141 cm³/mol. The summed E-state index contributed by atoms with van der Waals surface area (Å²) in [5.41, 5.74) is 2.52. The third-order valence-corrected chi connectivity index (χ3v) is 6.99. The van der Waals surface area contributed by atoms with Gasteiger partial charge in [-0.15, -0.1) is 0 Å². The highest BCUT2D eigenvalue weighted by molar-refractivity contribution is 7.07. The molecule has 0 aliphatic carbocycles. The first-order valence-electron chi connectivity index (χ1n) is 11.7. The minimum absolute atomic E-state index is 0.170. The monoisotopic (exact) mass is 515 g/mol. The van der Waals surface area contributed by atoms with E-state index in [4.69, 9.17) is 19.2 Å². The summed E-state index contributed by atoms with van der Waals surface area (Å²) in [6, 6.07) is 17.7. The molecule has 0 spiro atoms. The molecule has 0 amide bonds. The lowest BCUT2D eigenvalue weighted by Gasteiger charge is -2.27. The van der Waals surface area contributed by atoms with E-state index in [9.17, 15) is 9.59 Å². The highest BCUT2D eigenvalue weighted by Crippen LogP contribution is 2.42. The molecule has 0 saturated carbocycles. The Labute approximate surface area is 216 Å². The highest BCUT2D eigenvalue weighted by atomic mass is 32.1. The number of benzene rings is 2. The molecule has 0 saturated heterocycles. The number of carbonyl (C=O) groups is 1. The smallest absolute Gasteiger partial charge is 0.338 e. The normalized spacial score (nSPS) is 15.2. The topological polar surface area (TPSA) is 94.9 Å². The van der Waals surface area contributed by atoms with Gasteiger partial charge < -0.3 is 19.2 Å². The summed E-state index contributed by atoms with van der Waals surface area (Å²) >= 11 is 1.26. The van der Waals surface area contributed by atoms with Crippen LogP contribution in [0.25, 0.3) is 11.8 Å². The molecular weight excluding hydrogens is 490 g/mol. The van der Waals surface area contributed by atoms with Gasteiger partial charge in [0.05, 0.1) is 36.6 Å². The van der Waals surface area contributed by atoms with Gasteiger partial charge in [0.15, 0.2) is 16.3 Å². The van der Waals surface area contributed by atoms with E-state index in [1.807, 2.05) is 48.5 Å². The van der Waals surface area contributed by atoms with Crippen molar-refractivity contribution >= 4 is 29.1 Å². The van der Waals surface area contributed by atoms with Crippen molar-refractivity contribution in [1.29, 1.82) is 0 Å². The molecule has 8 nitrogen and oxygen atoms in total. The Balaban J connectivity index is 1.89. The van der Waals surface area contributed by atoms with Crippen molar-refractivity contribution < 1.29 is 19.0 Å². The number of methoxy groups -OCH3 is 2. The zero-order valence-corrected chi connectivity index (χ0v) is 21.4. The maximum absolute atomic E-state index is 13.9. The van der Waals surface area contributed by atoms with Crippen LogP contribution < -0.4 is 24.4 Å². The Morgan fingerprint density at radius 3 is 2.57 bits per heavy atom. The molecule has 0 bridgehead atoms. The SMILES string of the molecule is CCOC(=O)C1=C(c2ccccc2)N=c2s/c(=C\c3ccc[nH]3)c(=O)n2C1c1cccc(OC)c1OC. The quantitative estimate of drug-likeness (QED) is 0.381. The van der Waals surface area contributed by atoms with Crippen LogP contribution in [0.4, 0.5) is 0 Å². The van der Waals surface area contributed by atoms with Crippen LogP contribution in [0.5, 0.6) is 11.5 Å². The van der Waals surface area contributed by atoms with E-state index in [0.29, 0.717) is 32.1 Å². The largest absolute Gasteiger partial charge is 0.493 e. The zero-order valence-electron chi connectivity index (χ0n) is 20.6. The molecule has 0 radical (unpaired) electrons. The van der Waals surface area contributed by atoms with Gasteiger partial charge in [0, 0.05) is 23.0 Å². The lowest BCUT2D eigenvalue weighted by Crippen LogP contribution is -2.40. The molecule has 1 unspecified atom stereocenters. The van der Waals surface area contributed by atoms with Crippen LogP contribution in [0.1, 0.15) is 29.8 Å². The van der Waals surface area contributed by atoms with Gasteiger partial charge in [0.25, 0.3) is 5.56 Å². The molecule has 2 aromatic heterocycles. The number of esters is 1. The summed E-state index contributed by atoms with van der Waals surface area (Å²) in [4.78, 5) is 35.8. The molecule has 1 atom stereocenters. The number of rotatable bonds is 7. The van der Waals surface area contributed by atoms with Crippen LogP contribution in [0.2, 0.25) is 0 Å². The number of thiazole rings is 1. The number of fused-ring (bicyclic) bond motifs is 1. The van der Waals surface area contributed by atoms with Gasteiger partial charge in [0.1, 0.15) is 6.04 Å². The van der Waals surface area contributed by atoms with Crippen molar-refractivity contribution in [2.75, 3.05) is 20.8 Å². The van der Waals surface area contributed by atoms with E-state index < -0.39 is 12.0 Å². The summed E-state index contributed by atoms with van der Waals surface area (Å²) in [5, 5.41) is 0. The summed E-state index contributed by atoms with van der Waals surface area (Å²) in [6.45, 7) is 1.91. The van der Waals surface area contributed by atoms with Crippen LogP contribution in [-0.2, 0) is 9.53 Å². The molecular formula is C28H25N3O5S. The van der Waals surface area contributed by atoms with E-state index in [0.717, 1.165) is 11.3 Å². The Kier molecular flexibility index (Phi) is 6.78. The van der Waals surface area contributed by atoms with E-state index >= 15 is 0 Å². The lowest BCUT2D eigenvalue weighted by atomic mass is 9.92. The molecule has 188 valence electrons. The van der Waals surface area contributed by atoms with Gasteiger partial charge in [-0.05, 0) is 31.2 Å². The summed E-state index contributed by atoms with van der Waals surface area (Å²) in [6.07, 6.45) is 3.57. The second-order valence-corrected chi connectivity index (χ2v) is 9.15. The molecule has 1 N–H and O–H groups in total. The molecule has 1 aliphatic rings. The third kappa shape index (κ3) is 4.38. The Morgan fingerprint density at radius 1 is 1.08 bits per heavy atom. The van der Waals surface area contributed by atoms with Crippen molar-refractivity contribution in [3.05, 3.63) is 109 Å². The van der Waals surface area contributed by atoms with Crippen molar-refractivity contribution in [3.63, 3.8) is 0 Å². The molecule has 3 heterocycles. The first-order valence-corrected chi connectivity index (χ1v) is 12.5. The molecule has 1 aliphatic heterocycles. The fourth-order valence-corrected chi connectivity index (χ4v) is 5.43. The van der Waals surface area contributed by atoms with Gasteiger partial charge in [-0.1, -0.05) is 53.8 Å². The third-order valence-electron chi connectivity index (χ3n) is 6.01. The number of carbonyl (C=O) groups excluding carboxylic acids is 1. The van der Waals surface area contributed by atoms with Crippen molar-refractivity contribution in [1.82, 2.24) is 9.55 Å². The average Bonchev–Trinajstić information content (AvgIpc) is 3.55. The van der Waals surface area contributed by atoms with Gasteiger partial charge in [0.2, 0.25) is 0 Å². The second kappa shape index (κ2) is 10.3. The van der Waals surface area contributed by atoms with Crippen molar-refractivity contribution in [2.24, 2.45) is 4.99 Å². The van der Waals surface area contributed by atoms with E-state index in [1.165, 1.54) is 23.0 Å². The molecule has 2 aromatic carbocycles. The van der Waals surface area contributed by atoms with Gasteiger partial charge >= 0.3 is 5.97 Å². The number of nitrogens with one attached hydrogen (secondary N) is 1. The summed E-state index contributed by atoms with van der Waals surface area (Å²) in [7, 11) is 3.07. The number of nitrogens with zero attached hydrogens (tertiary/aromatic N) is 2. The number of hydrogen-bond acceptors (Lipinski definition) is 7. The minimum Gasteiger partial charge on any atom is -0.493 e. The Hall–Kier alpha value is -4.37. The number of para-hydroxylation sites is 1. The van der Waals surface area contributed by atoms with E-state index in [1.54, 1.807) is 38.4 Å². The van der Waals surface area contributed by atoms with Crippen LogP contribution in [0.15, 0.2) is 82.2 Å². The molecule has 9 heteroatoms. The number of aromatic amines is 1. The fourth-order valence-electron chi connectivity index (χ4n) is 4.44. The summed E-state index contributed by atoms with van der Waals surface area (Å²) < 4.78 is 18.8. The second-order valence-electron chi connectivity index (χ2n) is 8.14. The zero-order chi connectivity index (χ0) is 25.9. The fraction of sp³-hybridized carbons (Fsp3) is 0.179. The lowest BCUT2D eigenvalue weighted by molar-refractivity contribution is -0.138. The maximum atomic E-state index is 13.9. The molecule has 37 heavy (non-hydrogen) atoms. The molecule has 4 aromatic rings. The van der Waals surface area contributed by atoms with E-state index in [2.05, 4.69) is 4.98 Å². The molecule has 5 rings (SSSR count). The van der Waals surface area contributed by atoms with Crippen LogP contribution >= 0.6 is 11.3 Å². The summed E-state index contributed by atoms with van der Waals surface area (Å²) in [5.74, 6) is 0.346.